The molecule has 0 saturated heterocycles. The Hall–Kier alpha value is -3.85. The van der Waals surface area contributed by atoms with E-state index in [1.807, 2.05) is 30.3 Å². The van der Waals surface area contributed by atoms with E-state index in [1.54, 1.807) is 12.1 Å². The van der Waals surface area contributed by atoms with Crippen molar-refractivity contribution in [3.05, 3.63) is 113 Å². The number of hydrogen-bond donors (Lipinski definition) is 2. The average Bonchev–Trinajstić information content (AvgIpc) is 2.83. The number of hydrogen-bond acceptors (Lipinski definition) is 3. The van der Waals surface area contributed by atoms with Crippen LogP contribution in [0.25, 0.3) is 16.3 Å². The van der Waals surface area contributed by atoms with Crippen molar-refractivity contribution < 1.29 is 9.90 Å². The second-order valence-corrected chi connectivity index (χ2v) is 8.71. The van der Waals surface area contributed by atoms with Crippen LogP contribution in [-0.2, 0) is 4.79 Å². The molecule has 0 radical (unpaired) electrons. The van der Waals surface area contributed by atoms with Crippen LogP contribution < -0.4 is 5.32 Å². The molecule has 2 N–H and O–H groups in total. The summed E-state index contributed by atoms with van der Waals surface area (Å²) < 4.78 is 0. The Balaban J connectivity index is 1.59. The Morgan fingerprint density at radius 3 is 2.41 bits per heavy atom. The number of phenols is 1. The molecule has 156 valence electrons. The maximum Gasteiger partial charge on any atom is 0.162 e. The monoisotopic (exact) mass is 417 g/mol. The minimum atomic E-state index is -0.269. The molecule has 0 bridgehead atoms. The molecule has 0 amide bonds. The van der Waals surface area contributed by atoms with Crippen LogP contribution in [0.3, 0.4) is 0 Å². The van der Waals surface area contributed by atoms with Gasteiger partial charge in [-0.05, 0) is 58.0 Å². The van der Waals surface area contributed by atoms with Gasteiger partial charge in [-0.3, -0.25) is 4.79 Å². The number of fused-ring (bicyclic) bond motifs is 4. The van der Waals surface area contributed by atoms with Crippen LogP contribution in [-0.4, -0.2) is 10.9 Å². The molecule has 1 aliphatic heterocycles. The normalized spacial score (nSPS) is 19.9. The number of ketones is 1. The predicted molar refractivity (Wildman–Crippen MR) is 129 cm³/mol. The molecule has 0 unspecified atom stereocenters. The van der Waals surface area contributed by atoms with Gasteiger partial charge in [-0.15, -0.1) is 0 Å². The molecule has 3 nitrogen and oxygen atoms in total. The zero-order valence-corrected chi connectivity index (χ0v) is 17.6. The van der Waals surface area contributed by atoms with Gasteiger partial charge in [0, 0.05) is 23.2 Å². The lowest BCUT2D eigenvalue weighted by molar-refractivity contribution is -0.116. The lowest BCUT2D eigenvalue weighted by atomic mass is 9.71. The summed E-state index contributed by atoms with van der Waals surface area (Å²) in [4.78, 5) is 13.7. The van der Waals surface area contributed by atoms with Crippen LogP contribution >= 0.6 is 0 Å². The Labute approximate surface area is 187 Å². The highest BCUT2D eigenvalue weighted by molar-refractivity contribution is 6.13. The van der Waals surface area contributed by atoms with Gasteiger partial charge in [0.1, 0.15) is 5.75 Å². The Morgan fingerprint density at radius 1 is 0.781 bits per heavy atom. The average molecular weight is 418 g/mol. The van der Waals surface area contributed by atoms with E-state index in [4.69, 9.17) is 0 Å². The van der Waals surface area contributed by atoms with Crippen molar-refractivity contribution in [2.75, 3.05) is 5.32 Å². The van der Waals surface area contributed by atoms with Crippen LogP contribution in [0.15, 0.2) is 96.6 Å². The topological polar surface area (TPSA) is 49.3 Å². The first-order valence-corrected chi connectivity index (χ1v) is 11.1. The summed E-state index contributed by atoms with van der Waals surface area (Å²) in [7, 11) is 0. The molecule has 2 aliphatic rings. The third-order valence-corrected chi connectivity index (χ3v) is 6.80. The number of phenolic OH excluding ortho intramolecular Hbond substituents is 1. The standard InChI is InChI=1S/C29H23NO2/c31-22-11-6-10-20(15-22)29-28-24(16-21(17-26(28)32)18-7-2-1-3-8-18)27-23-12-5-4-9-19(23)13-14-25(27)30-29/h1-15,21,29-31H,16-17H2/t21-,29-/m1/s1. The van der Waals surface area contributed by atoms with Crippen LogP contribution in [0.1, 0.15) is 41.5 Å². The summed E-state index contributed by atoms with van der Waals surface area (Å²) in [5, 5.41) is 16.1. The van der Waals surface area contributed by atoms with Crippen molar-refractivity contribution in [1.82, 2.24) is 0 Å². The number of rotatable bonds is 2. The van der Waals surface area contributed by atoms with Crippen molar-refractivity contribution in [2.45, 2.75) is 24.8 Å². The summed E-state index contributed by atoms with van der Waals surface area (Å²) >= 11 is 0. The summed E-state index contributed by atoms with van der Waals surface area (Å²) in [6.45, 7) is 0. The molecule has 0 aromatic heterocycles. The predicted octanol–water partition coefficient (Wildman–Crippen LogP) is 6.61. The third-order valence-electron chi connectivity index (χ3n) is 6.80. The van der Waals surface area contributed by atoms with Crippen molar-refractivity contribution in [1.29, 1.82) is 0 Å². The number of aromatic hydroxyl groups is 1. The highest BCUT2D eigenvalue weighted by atomic mass is 16.3. The lowest BCUT2D eigenvalue weighted by Gasteiger charge is -2.37. The van der Waals surface area contributed by atoms with Gasteiger partial charge >= 0.3 is 0 Å². The van der Waals surface area contributed by atoms with Gasteiger partial charge in [0.2, 0.25) is 0 Å². The third kappa shape index (κ3) is 3.01. The van der Waals surface area contributed by atoms with Crippen molar-refractivity contribution in [2.24, 2.45) is 0 Å². The van der Waals surface area contributed by atoms with Crippen molar-refractivity contribution in [3.63, 3.8) is 0 Å². The molecule has 4 aromatic rings. The molecule has 4 aromatic carbocycles. The van der Waals surface area contributed by atoms with Gasteiger partial charge < -0.3 is 10.4 Å². The molecule has 0 saturated carbocycles. The minimum Gasteiger partial charge on any atom is -0.508 e. The maximum absolute atomic E-state index is 13.7. The zero-order chi connectivity index (χ0) is 21.7. The van der Waals surface area contributed by atoms with E-state index >= 15 is 0 Å². The number of anilines is 1. The first kappa shape index (κ1) is 18.9. The fourth-order valence-corrected chi connectivity index (χ4v) is 5.36. The maximum atomic E-state index is 13.7. The Kier molecular flexibility index (Phi) is 4.36. The van der Waals surface area contributed by atoms with E-state index in [9.17, 15) is 9.90 Å². The molecule has 1 heterocycles. The molecule has 3 heteroatoms. The molecule has 0 spiro atoms. The summed E-state index contributed by atoms with van der Waals surface area (Å²) in [6.07, 6.45) is 1.32. The van der Waals surface area contributed by atoms with E-state index < -0.39 is 0 Å². The fourth-order valence-electron chi connectivity index (χ4n) is 5.36. The van der Waals surface area contributed by atoms with E-state index in [0.717, 1.165) is 34.4 Å². The second-order valence-electron chi connectivity index (χ2n) is 8.71. The smallest absolute Gasteiger partial charge is 0.162 e. The van der Waals surface area contributed by atoms with E-state index in [2.05, 4.69) is 53.8 Å². The number of nitrogens with one attached hydrogen (secondary N) is 1. The highest BCUT2D eigenvalue weighted by Crippen LogP contribution is 2.51. The van der Waals surface area contributed by atoms with Gasteiger partial charge in [0.05, 0.1) is 6.04 Å². The van der Waals surface area contributed by atoms with Crippen LogP contribution in [0.4, 0.5) is 5.69 Å². The molecule has 6 rings (SSSR count). The number of Topliss-reactive ketones (excluding diaryl/α,β-unsaturated/α-hetero) is 1. The summed E-state index contributed by atoms with van der Waals surface area (Å²) in [6, 6.07) is 30.0. The van der Waals surface area contributed by atoms with Gasteiger partial charge in [-0.1, -0.05) is 72.8 Å². The quantitative estimate of drug-likeness (QED) is 0.386. The molecule has 2 atom stereocenters. The van der Waals surface area contributed by atoms with E-state index in [-0.39, 0.29) is 23.5 Å². The highest BCUT2D eigenvalue weighted by Gasteiger charge is 2.38. The summed E-state index contributed by atoms with van der Waals surface area (Å²) in [5.41, 5.74) is 6.27. The molecule has 32 heavy (non-hydrogen) atoms. The largest absolute Gasteiger partial charge is 0.508 e. The first-order valence-electron chi connectivity index (χ1n) is 11.1. The van der Waals surface area contributed by atoms with Gasteiger partial charge in [0.15, 0.2) is 5.78 Å². The SMILES string of the molecule is O=C1C[C@H](c2ccccc2)CC2=C1[C@@H](c1cccc(O)c1)Nc1ccc3ccccc3c12. The van der Waals surface area contributed by atoms with Crippen LogP contribution in [0.2, 0.25) is 0 Å². The molecular weight excluding hydrogens is 394 g/mol. The molecule has 0 fully saturated rings. The number of allylic oxidation sites excluding steroid dienone is 1. The lowest BCUT2D eigenvalue weighted by Crippen LogP contribution is -2.29. The molecular formula is C29H23NO2. The van der Waals surface area contributed by atoms with Crippen LogP contribution in [0, 0.1) is 0 Å². The van der Waals surface area contributed by atoms with Crippen molar-refractivity contribution >= 4 is 27.8 Å². The Morgan fingerprint density at radius 2 is 1.56 bits per heavy atom. The van der Waals surface area contributed by atoms with E-state index in [0.29, 0.717) is 6.42 Å². The first-order chi connectivity index (χ1) is 15.7. The van der Waals surface area contributed by atoms with Crippen LogP contribution in [0.5, 0.6) is 5.75 Å². The van der Waals surface area contributed by atoms with Gasteiger partial charge in [0.25, 0.3) is 0 Å². The summed E-state index contributed by atoms with van der Waals surface area (Å²) in [5.74, 6) is 0.554. The molecule has 1 aliphatic carbocycles. The second kappa shape index (κ2) is 7.38. The number of carbonyl (C=O) groups excluding carboxylic acids is 1. The van der Waals surface area contributed by atoms with Gasteiger partial charge in [-0.25, -0.2) is 0 Å². The van der Waals surface area contributed by atoms with Crippen molar-refractivity contribution in [3.8, 4) is 5.75 Å². The fraction of sp³-hybridized carbons (Fsp3) is 0.138. The number of benzene rings is 4. The zero-order valence-electron chi connectivity index (χ0n) is 17.6. The van der Waals surface area contributed by atoms with E-state index in [1.165, 1.54) is 16.3 Å². The number of carbonyl (C=O) groups is 1. The van der Waals surface area contributed by atoms with Gasteiger partial charge in [-0.2, -0.15) is 0 Å². The Bertz CT molecular complexity index is 1390. The minimum absolute atomic E-state index is 0.164.